The van der Waals surface area contributed by atoms with E-state index < -0.39 is 0 Å². The molecule has 2 aliphatic rings. The number of fused-ring (bicyclic) bond motifs is 9. The Morgan fingerprint density at radius 3 is 2.18 bits per heavy atom. The number of hydrogen-bond acceptors (Lipinski definition) is 2. The van der Waals surface area contributed by atoms with Crippen LogP contribution in [0.25, 0.3) is 64.4 Å². The standard InChI is InChI=1S/C48H32N2S/c1-2-11-31(12-3-1)32-13-10-14-35(27-32)49-43-18-7-4-15-37(43)40-28-33(21-24-45(40)49)34-22-25-46-41(29-34)38-16-5-8-19-44(38)50(46)36-23-26-48-42(30-36)39-17-6-9-20-47(39)51-48/h1-30,41,46H. The highest BCUT2D eigenvalue weighted by Crippen LogP contribution is 2.50. The topological polar surface area (TPSA) is 8.17 Å². The van der Waals surface area contributed by atoms with Crippen LogP contribution < -0.4 is 4.90 Å². The van der Waals surface area contributed by atoms with Gasteiger partial charge in [-0.05, 0) is 88.5 Å². The molecule has 3 heterocycles. The highest BCUT2D eigenvalue weighted by Gasteiger charge is 2.38. The zero-order valence-electron chi connectivity index (χ0n) is 27.8. The molecule has 0 radical (unpaired) electrons. The first-order valence-electron chi connectivity index (χ1n) is 17.7. The van der Waals surface area contributed by atoms with E-state index in [0.29, 0.717) is 0 Å². The summed E-state index contributed by atoms with van der Waals surface area (Å²) in [4.78, 5) is 2.55. The molecule has 240 valence electrons. The molecule has 0 fully saturated rings. The Kier molecular flexibility index (Phi) is 6.28. The van der Waals surface area contributed by atoms with Crippen molar-refractivity contribution in [1.29, 1.82) is 0 Å². The molecule has 0 saturated carbocycles. The number of thiophene rings is 1. The van der Waals surface area contributed by atoms with Crippen LogP contribution in [-0.2, 0) is 0 Å². The molecule has 3 heteroatoms. The molecule has 2 atom stereocenters. The predicted octanol–water partition coefficient (Wildman–Crippen LogP) is 13.1. The van der Waals surface area contributed by atoms with E-state index in [1.165, 1.54) is 86.9 Å². The van der Waals surface area contributed by atoms with Crippen molar-refractivity contribution in [2.75, 3.05) is 4.90 Å². The van der Waals surface area contributed by atoms with Gasteiger partial charge in [-0.1, -0.05) is 121 Å². The zero-order chi connectivity index (χ0) is 33.5. The van der Waals surface area contributed by atoms with Crippen molar-refractivity contribution in [2.45, 2.75) is 12.0 Å². The van der Waals surface area contributed by atoms with Gasteiger partial charge in [-0.2, -0.15) is 0 Å². The largest absolute Gasteiger partial charge is 0.333 e. The number of rotatable bonds is 4. The fraction of sp³-hybridized carbons (Fsp3) is 0.0417. The summed E-state index contributed by atoms with van der Waals surface area (Å²) in [5.41, 5.74) is 12.5. The lowest BCUT2D eigenvalue weighted by Crippen LogP contribution is -2.28. The molecule has 1 aliphatic heterocycles. The molecule has 7 aromatic carbocycles. The number of para-hydroxylation sites is 2. The van der Waals surface area contributed by atoms with Gasteiger partial charge in [0.2, 0.25) is 0 Å². The normalized spacial score (nSPS) is 16.6. The van der Waals surface area contributed by atoms with E-state index in [-0.39, 0.29) is 12.0 Å². The van der Waals surface area contributed by atoms with Crippen LogP contribution in [-0.4, -0.2) is 10.6 Å². The first kappa shape index (κ1) is 28.7. The number of benzene rings is 7. The Balaban J connectivity index is 1.00. The summed E-state index contributed by atoms with van der Waals surface area (Å²) >= 11 is 1.88. The fourth-order valence-electron chi connectivity index (χ4n) is 8.59. The molecule has 0 bridgehead atoms. The van der Waals surface area contributed by atoms with Crippen LogP contribution in [0, 0.1) is 0 Å². The minimum atomic E-state index is 0.219. The lowest BCUT2D eigenvalue weighted by molar-refractivity contribution is 0.747. The highest BCUT2D eigenvalue weighted by atomic mass is 32.1. The van der Waals surface area contributed by atoms with E-state index in [9.17, 15) is 0 Å². The van der Waals surface area contributed by atoms with Gasteiger partial charge in [0, 0.05) is 53.9 Å². The minimum Gasteiger partial charge on any atom is -0.333 e. The van der Waals surface area contributed by atoms with E-state index in [4.69, 9.17) is 0 Å². The first-order valence-corrected chi connectivity index (χ1v) is 18.5. The second kappa shape index (κ2) is 11.2. The highest BCUT2D eigenvalue weighted by molar-refractivity contribution is 7.25. The molecular weight excluding hydrogens is 637 g/mol. The molecule has 0 spiro atoms. The van der Waals surface area contributed by atoms with Crippen LogP contribution in [0.5, 0.6) is 0 Å². The summed E-state index contributed by atoms with van der Waals surface area (Å²) in [6.07, 6.45) is 7.28. The van der Waals surface area contributed by atoms with E-state index in [0.717, 1.165) is 0 Å². The van der Waals surface area contributed by atoms with E-state index in [1.54, 1.807) is 0 Å². The summed E-state index contributed by atoms with van der Waals surface area (Å²) in [7, 11) is 0. The van der Waals surface area contributed by atoms with Crippen LogP contribution in [0.3, 0.4) is 0 Å². The smallest absolute Gasteiger partial charge is 0.0630 e. The monoisotopic (exact) mass is 668 g/mol. The molecule has 2 nitrogen and oxygen atoms in total. The third kappa shape index (κ3) is 4.42. The predicted molar refractivity (Wildman–Crippen MR) is 218 cm³/mol. The van der Waals surface area contributed by atoms with E-state index >= 15 is 0 Å². The van der Waals surface area contributed by atoms with Gasteiger partial charge in [-0.25, -0.2) is 0 Å². The summed E-state index contributed by atoms with van der Waals surface area (Å²) in [5, 5.41) is 5.22. The molecule has 51 heavy (non-hydrogen) atoms. The lowest BCUT2D eigenvalue weighted by atomic mass is 9.86. The van der Waals surface area contributed by atoms with Crippen LogP contribution in [0.1, 0.15) is 17.0 Å². The first-order chi connectivity index (χ1) is 25.3. The molecule has 2 aromatic heterocycles. The second-order valence-electron chi connectivity index (χ2n) is 13.7. The van der Waals surface area contributed by atoms with Gasteiger partial charge in [-0.15, -0.1) is 11.3 Å². The van der Waals surface area contributed by atoms with Crippen molar-refractivity contribution < 1.29 is 0 Å². The third-order valence-electron chi connectivity index (χ3n) is 10.9. The lowest BCUT2D eigenvalue weighted by Gasteiger charge is -2.30. The van der Waals surface area contributed by atoms with Gasteiger partial charge in [0.05, 0.1) is 17.1 Å². The van der Waals surface area contributed by atoms with Gasteiger partial charge in [0.15, 0.2) is 0 Å². The van der Waals surface area contributed by atoms with Crippen molar-refractivity contribution >= 4 is 70.3 Å². The number of nitrogens with zero attached hydrogens (tertiary/aromatic N) is 2. The van der Waals surface area contributed by atoms with Gasteiger partial charge in [0.25, 0.3) is 0 Å². The van der Waals surface area contributed by atoms with Crippen molar-refractivity contribution in [3.05, 3.63) is 193 Å². The quantitative estimate of drug-likeness (QED) is 0.181. The van der Waals surface area contributed by atoms with Crippen molar-refractivity contribution in [2.24, 2.45) is 0 Å². The van der Waals surface area contributed by atoms with Crippen molar-refractivity contribution in [3.8, 4) is 16.8 Å². The average molecular weight is 669 g/mol. The average Bonchev–Trinajstić information content (AvgIpc) is 3.85. The summed E-state index contributed by atoms with van der Waals surface area (Å²) in [5.74, 6) is 0.258. The van der Waals surface area contributed by atoms with Gasteiger partial charge in [-0.3, -0.25) is 0 Å². The van der Waals surface area contributed by atoms with E-state index in [1.807, 2.05) is 11.3 Å². The number of allylic oxidation sites excluding steroid dienone is 2. The molecular formula is C48H32N2S. The Labute approximate surface area is 300 Å². The summed E-state index contributed by atoms with van der Waals surface area (Å²) < 4.78 is 5.10. The molecule has 1 aliphatic carbocycles. The van der Waals surface area contributed by atoms with Gasteiger partial charge >= 0.3 is 0 Å². The van der Waals surface area contributed by atoms with Crippen LogP contribution in [0.4, 0.5) is 11.4 Å². The third-order valence-corrected chi connectivity index (χ3v) is 12.1. The number of hydrogen-bond donors (Lipinski definition) is 0. The molecule has 0 N–H and O–H groups in total. The van der Waals surface area contributed by atoms with Crippen LogP contribution in [0.15, 0.2) is 182 Å². The second-order valence-corrected chi connectivity index (χ2v) is 14.8. The maximum atomic E-state index is 2.55. The van der Waals surface area contributed by atoms with Crippen molar-refractivity contribution in [1.82, 2.24) is 4.57 Å². The van der Waals surface area contributed by atoms with Crippen molar-refractivity contribution in [3.63, 3.8) is 0 Å². The van der Waals surface area contributed by atoms with E-state index in [2.05, 4.69) is 191 Å². The maximum Gasteiger partial charge on any atom is 0.0630 e. The Morgan fingerprint density at radius 2 is 1.24 bits per heavy atom. The van der Waals surface area contributed by atoms with Gasteiger partial charge < -0.3 is 9.47 Å². The Morgan fingerprint density at radius 1 is 0.471 bits per heavy atom. The summed E-state index contributed by atoms with van der Waals surface area (Å²) in [6.45, 7) is 0. The molecule has 11 rings (SSSR count). The Bertz CT molecular complexity index is 2890. The van der Waals surface area contributed by atoms with Crippen LogP contribution in [0.2, 0.25) is 0 Å². The molecule has 9 aromatic rings. The van der Waals surface area contributed by atoms with Gasteiger partial charge in [0.1, 0.15) is 0 Å². The SMILES string of the molecule is C1=CC2C(C=C1c1ccc3c(c1)c1ccccc1n3-c1cccc(-c3ccccc3)c1)c1ccccc1N2c1ccc2sc3ccccc3c2c1. The van der Waals surface area contributed by atoms with Crippen LogP contribution >= 0.6 is 11.3 Å². The number of anilines is 2. The minimum absolute atomic E-state index is 0.219. The maximum absolute atomic E-state index is 2.55. The Hall–Kier alpha value is -6.16. The zero-order valence-corrected chi connectivity index (χ0v) is 28.6. The molecule has 0 amide bonds. The molecule has 0 saturated heterocycles. The molecule has 2 unspecified atom stereocenters. The fourth-order valence-corrected chi connectivity index (χ4v) is 9.68. The summed E-state index contributed by atoms with van der Waals surface area (Å²) in [6, 6.07) is 60.4. The number of aromatic nitrogens is 1.